The van der Waals surface area contributed by atoms with E-state index >= 15 is 0 Å². The summed E-state index contributed by atoms with van der Waals surface area (Å²) in [5.41, 5.74) is 0. The van der Waals surface area contributed by atoms with E-state index in [0.717, 1.165) is 12.8 Å². The highest BCUT2D eigenvalue weighted by molar-refractivity contribution is 5.80. The molecule has 0 aromatic rings. The number of hydrogen-bond donors (Lipinski definition) is 1. The fourth-order valence-corrected chi connectivity index (χ4v) is 1.32. The SMILES string of the molecule is CC(=O)[C@@H]1CC[C@H]([C@@H](C)O)O1. The molecule has 3 atom stereocenters. The number of ketones is 1. The van der Waals surface area contributed by atoms with Crippen LogP contribution >= 0.6 is 0 Å². The molecule has 1 rings (SSSR count). The van der Waals surface area contributed by atoms with E-state index in [9.17, 15) is 4.79 Å². The lowest BCUT2D eigenvalue weighted by Gasteiger charge is -2.13. The Hall–Kier alpha value is -0.410. The van der Waals surface area contributed by atoms with E-state index in [2.05, 4.69) is 0 Å². The second-order valence-corrected chi connectivity index (χ2v) is 3.09. The van der Waals surface area contributed by atoms with Gasteiger partial charge in [0, 0.05) is 0 Å². The van der Waals surface area contributed by atoms with Gasteiger partial charge in [-0.3, -0.25) is 4.79 Å². The van der Waals surface area contributed by atoms with Gasteiger partial charge >= 0.3 is 0 Å². The van der Waals surface area contributed by atoms with Gasteiger partial charge < -0.3 is 9.84 Å². The zero-order valence-electron chi connectivity index (χ0n) is 6.91. The highest BCUT2D eigenvalue weighted by atomic mass is 16.5. The Morgan fingerprint density at radius 1 is 1.64 bits per heavy atom. The molecule has 3 heteroatoms. The summed E-state index contributed by atoms with van der Waals surface area (Å²) >= 11 is 0. The standard InChI is InChI=1S/C8H14O3/c1-5(9)7-3-4-8(11-7)6(2)10/h5,7-9H,3-4H2,1-2H3/t5-,7-,8+/m1/s1. The molecule has 0 aliphatic carbocycles. The molecule has 0 unspecified atom stereocenters. The molecule has 0 aromatic heterocycles. The summed E-state index contributed by atoms with van der Waals surface area (Å²) in [6, 6.07) is 0. The molecule has 64 valence electrons. The molecule has 0 amide bonds. The fourth-order valence-electron chi connectivity index (χ4n) is 1.32. The van der Waals surface area contributed by atoms with Crippen LogP contribution in [-0.2, 0) is 9.53 Å². The van der Waals surface area contributed by atoms with Gasteiger partial charge in [-0.05, 0) is 26.7 Å². The van der Waals surface area contributed by atoms with Gasteiger partial charge in [0.15, 0.2) is 5.78 Å². The topological polar surface area (TPSA) is 46.5 Å². The van der Waals surface area contributed by atoms with E-state index in [0.29, 0.717) is 0 Å². The van der Waals surface area contributed by atoms with E-state index in [1.165, 1.54) is 6.92 Å². The molecular weight excluding hydrogens is 144 g/mol. The van der Waals surface area contributed by atoms with Gasteiger partial charge in [0.25, 0.3) is 0 Å². The molecule has 0 saturated carbocycles. The highest BCUT2D eigenvalue weighted by Crippen LogP contribution is 2.22. The maximum absolute atomic E-state index is 10.8. The third kappa shape index (κ3) is 2.01. The number of aliphatic hydroxyl groups is 1. The molecule has 1 heterocycles. The number of carbonyl (C=O) groups excluding carboxylic acids is 1. The first-order valence-electron chi connectivity index (χ1n) is 3.95. The second-order valence-electron chi connectivity index (χ2n) is 3.09. The highest BCUT2D eigenvalue weighted by Gasteiger charge is 2.30. The summed E-state index contributed by atoms with van der Waals surface area (Å²) in [6.45, 7) is 3.21. The summed E-state index contributed by atoms with van der Waals surface area (Å²) in [5.74, 6) is 0.0631. The Balaban J connectivity index is 2.41. The third-order valence-electron chi connectivity index (χ3n) is 2.04. The average Bonchev–Trinajstić information content (AvgIpc) is 2.33. The third-order valence-corrected chi connectivity index (χ3v) is 2.04. The Labute approximate surface area is 66.4 Å². The van der Waals surface area contributed by atoms with Crippen molar-refractivity contribution in [1.29, 1.82) is 0 Å². The van der Waals surface area contributed by atoms with Crippen molar-refractivity contribution in [1.82, 2.24) is 0 Å². The smallest absolute Gasteiger partial charge is 0.158 e. The van der Waals surface area contributed by atoms with Crippen molar-refractivity contribution < 1.29 is 14.6 Å². The molecular formula is C8H14O3. The van der Waals surface area contributed by atoms with Crippen LogP contribution < -0.4 is 0 Å². The quantitative estimate of drug-likeness (QED) is 0.636. The number of rotatable bonds is 2. The predicted octanol–water partition coefficient (Wildman–Crippen LogP) is 0.504. The first-order valence-corrected chi connectivity index (χ1v) is 3.95. The van der Waals surface area contributed by atoms with Crippen LogP contribution in [0, 0.1) is 0 Å². The maximum atomic E-state index is 10.8. The summed E-state index contributed by atoms with van der Waals surface area (Å²) < 4.78 is 5.28. The molecule has 3 nitrogen and oxygen atoms in total. The molecule has 0 aromatic carbocycles. The second kappa shape index (κ2) is 3.32. The van der Waals surface area contributed by atoms with E-state index in [1.807, 2.05) is 0 Å². The van der Waals surface area contributed by atoms with Crippen molar-refractivity contribution in [3.05, 3.63) is 0 Å². The lowest BCUT2D eigenvalue weighted by atomic mass is 10.1. The normalized spacial score (nSPS) is 33.7. The molecule has 11 heavy (non-hydrogen) atoms. The summed E-state index contributed by atoms with van der Waals surface area (Å²) in [6.07, 6.45) is 0.685. The van der Waals surface area contributed by atoms with Crippen LogP contribution in [0.15, 0.2) is 0 Å². The van der Waals surface area contributed by atoms with Crippen LogP contribution in [0.1, 0.15) is 26.7 Å². The average molecular weight is 158 g/mol. The Morgan fingerprint density at radius 3 is 2.55 bits per heavy atom. The molecule has 0 bridgehead atoms. The van der Waals surface area contributed by atoms with Crippen molar-refractivity contribution in [2.24, 2.45) is 0 Å². The molecule has 1 aliphatic heterocycles. The number of carbonyl (C=O) groups is 1. The summed E-state index contributed by atoms with van der Waals surface area (Å²) in [7, 11) is 0. The van der Waals surface area contributed by atoms with Gasteiger partial charge in [0.2, 0.25) is 0 Å². The largest absolute Gasteiger partial charge is 0.391 e. The van der Waals surface area contributed by atoms with Gasteiger partial charge in [-0.15, -0.1) is 0 Å². The van der Waals surface area contributed by atoms with Crippen molar-refractivity contribution >= 4 is 5.78 Å². The first-order chi connectivity index (χ1) is 5.11. The van der Waals surface area contributed by atoms with Gasteiger partial charge in [-0.1, -0.05) is 0 Å². The molecule has 1 saturated heterocycles. The molecule has 0 radical (unpaired) electrons. The monoisotopic (exact) mass is 158 g/mol. The van der Waals surface area contributed by atoms with Crippen molar-refractivity contribution in [2.45, 2.75) is 45.0 Å². The molecule has 1 N–H and O–H groups in total. The van der Waals surface area contributed by atoms with Crippen LogP contribution in [-0.4, -0.2) is 29.2 Å². The number of aliphatic hydroxyl groups excluding tert-OH is 1. The van der Waals surface area contributed by atoms with Crippen LogP contribution in [0.3, 0.4) is 0 Å². The minimum atomic E-state index is -0.459. The van der Waals surface area contributed by atoms with E-state index < -0.39 is 6.10 Å². The lowest BCUT2D eigenvalue weighted by Crippen LogP contribution is -2.25. The number of Topliss-reactive ketones (excluding diaryl/α,β-unsaturated/α-hetero) is 1. The zero-order valence-corrected chi connectivity index (χ0v) is 6.91. The van der Waals surface area contributed by atoms with Crippen LogP contribution in [0.5, 0.6) is 0 Å². The van der Waals surface area contributed by atoms with Crippen LogP contribution in [0.2, 0.25) is 0 Å². The Kier molecular flexibility index (Phi) is 2.62. The number of ether oxygens (including phenoxy) is 1. The zero-order chi connectivity index (χ0) is 8.43. The van der Waals surface area contributed by atoms with E-state index in [1.54, 1.807) is 6.92 Å². The van der Waals surface area contributed by atoms with Gasteiger partial charge in [0.1, 0.15) is 6.10 Å². The van der Waals surface area contributed by atoms with Crippen molar-refractivity contribution in [2.75, 3.05) is 0 Å². The maximum Gasteiger partial charge on any atom is 0.158 e. The lowest BCUT2D eigenvalue weighted by molar-refractivity contribution is -0.129. The Morgan fingerprint density at radius 2 is 2.27 bits per heavy atom. The number of hydrogen-bond acceptors (Lipinski definition) is 3. The summed E-state index contributed by atoms with van der Waals surface area (Å²) in [4.78, 5) is 10.8. The van der Waals surface area contributed by atoms with Crippen molar-refractivity contribution in [3.8, 4) is 0 Å². The first kappa shape index (κ1) is 8.68. The Bertz CT molecular complexity index is 153. The van der Waals surface area contributed by atoms with Crippen LogP contribution in [0.25, 0.3) is 0 Å². The van der Waals surface area contributed by atoms with E-state index in [4.69, 9.17) is 9.84 Å². The molecule has 0 spiro atoms. The van der Waals surface area contributed by atoms with Gasteiger partial charge in [0.05, 0.1) is 12.2 Å². The predicted molar refractivity (Wildman–Crippen MR) is 40.3 cm³/mol. The summed E-state index contributed by atoms with van der Waals surface area (Å²) in [5, 5.41) is 9.12. The molecule has 1 aliphatic rings. The van der Waals surface area contributed by atoms with Crippen LogP contribution in [0.4, 0.5) is 0 Å². The minimum absolute atomic E-state index is 0.0631. The van der Waals surface area contributed by atoms with E-state index in [-0.39, 0.29) is 18.0 Å². The van der Waals surface area contributed by atoms with Crippen molar-refractivity contribution in [3.63, 3.8) is 0 Å². The van der Waals surface area contributed by atoms with Gasteiger partial charge in [-0.2, -0.15) is 0 Å². The van der Waals surface area contributed by atoms with Gasteiger partial charge in [-0.25, -0.2) is 0 Å². The minimum Gasteiger partial charge on any atom is -0.391 e. The molecule has 1 fully saturated rings. The fraction of sp³-hybridized carbons (Fsp3) is 0.875.